The van der Waals surface area contributed by atoms with Crippen LogP contribution in [-0.4, -0.2) is 68.3 Å². The Morgan fingerprint density at radius 2 is 1.93 bits per heavy atom. The van der Waals surface area contributed by atoms with Gasteiger partial charge in [-0.2, -0.15) is 18.4 Å². The second kappa shape index (κ2) is 13.4. The summed E-state index contributed by atoms with van der Waals surface area (Å²) in [5.41, 5.74) is 1.56. The number of halogens is 3. The number of amides is 1. The number of allylic oxidation sites excluding steroid dienone is 1. The molecule has 3 aliphatic heterocycles. The van der Waals surface area contributed by atoms with E-state index in [9.17, 15) is 23.2 Å². The number of alkyl halides is 3. The molecule has 0 radical (unpaired) electrons. The Morgan fingerprint density at radius 1 is 1.23 bits per heavy atom. The minimum absolute atomic E-state index is 0.0936. The summed E-state index contributed by atoms with van der Waals surface area (Å²) in [6.45, 7) is 12.4. The third-order valence-electron chi connectivity index (χ3n) is 7.85. The molecular formula is C31H37F3N8O. The molecule has 1 N–H and O–H groups in total. The van der Waals surface area contributed by atoms with Gasteiger partial charge in [-0.3, -0.25) is 9.69 Å². The monoisotopic (exact) mass is 594 g/mol. The highest BCUT2D eigenvalue weighted by molar-refractivity contribution is 6.09. The van der Waals surface area contributed by atoms with Crippen LogP contribution in [0.25, 0.3) is 5.57 Å². The summed E-state index contributed by atoms with van der Waals surface area (Å²) in [5, 5.41) is 12.7. The molecule has 0 saturated carbocycles. The van der Waals surface area contributed by atoms with Crippen LogP contribution in [0.2, 0.25) is 0 Å². The van der Waals surface area contributed by atoms with Crippen LogP contribution in [0.1, 0.15) is 68.2 Å². The smallest absolute Gasteiger partial charge is 0.347 e. The fourth-order valence-corrected chi connectivity index (χ4v) is 5.58. The van der Waals surface area contributed by atoms with Gasteiger partial charge in [0.25, 0.3) is 5.91 Å². The van der Waals surface area contributed by atoms with Gasteiger partial charge >= 0.3 is 6.18 Å². The number of likely N-dealkylation sites (tertiary alicyclic amines) is 2. The first-order chi connectivity index (χ1) is 20.6. The van der Waals surface area contributed by atoms with Crippen LogP contribution in [0.4, 0.5) is 13.2 Å². The van der Waals surface area contributed by atoms with Gasteiger partial charge in [0.05, 0.1) is 30.4 Å². The maximum absolute atomic E-state index is 12.8. The molecule has 0 spiro atoms. The fraction of sp³-hybridized carbons (Fsp3) is 0.452. The van der Waals surface area contributed by atoms with Crippen molar-refractivity contribution in [2.75, 3.05) is 26.2 Å². The lowest BCUT2D eigenvalue weighted by Gasteiger charge is -2.54. The summed E-state index contributed by atoms with van der Waals surface area (Å²) in [7, 11) is 0. The molecule has 0 unspecified atom stereocenters. The van der Waals surface area contributed by atoms with Crippen LogP contribution in [0.3, 0.4) is 0 Å². The zero-order chi connectivity index (χ0) is 31.2. The number of hydrogen-bond acceptors (Lipinski definition) is 7. The summed E-state index contributed by atoms with van der Waals surface area (Å²) in [4.78, 5) is 28.1. The van der Waals surface area contributed by atoms with Crippen LogP contribution >= 0.6 is 0 Å². The van der Waals surface area contributed by atoms with Gasteiger partial charge in [-0.1, -0.05) is 26.8 Å². The fourth-order valence-electron chi connectivity index (χ4n) is 5.58. The zero-order valence-corrected chi connectivity index (χ0v) is 24.7. The van der Waals surface area contributed by atoms with Gasteiger partial charge < -0.3 is 14.8 Å². The van der Waals surface area contributed by atoms with Crippen LogP contribution in [0, 0.1) is 11.3 Å². The van der Waals surface area contributed by atoms with Crippen molar-refractivity contribution in [2.24, 2.45) is 4.99 Å². The quantitative estimate of drug-likeness (QED) is 0.482. The van der Waals surface area contributed by atoms with Gasteiger partial charge in [0.15, 0.2) is 5.69 Å². The van der Waals surface area contributed by atoms with Gasteiger partial charge in [0.1, 0.15) is 11.5 Å². The number of nitrogens with one attached hydrogen (secondary N) is 1. The predicted molar refractivity (Wildman–Crippen MR) is 159 cm³/mol. The second-order valence-corrected chi connectivity index (χ2v) is 11.0. The molecule has 0 aromatic carbocycles. The molecule has 12 heteroatoms. The lowest BCUT2D eigenvalue weighted by atomic mass is 9.83. The Labute approximate surface area is 250 Å². The van der Waals surface area contributed by atoms with Gasteiger partial charge in [-0.25, -0.2) is 15.0 Å². The Hall–Kier alpha value is -4.24. The highest BCUT2D eigenvalue weighted by atomic mass is 19.4. The van der Waals surface area contributed by atoms with Crippen molar-refractivity contribution in [3.63, 3.8) is 0 Å². The molecule has 228 valence electrons. The predicted octanol–water partition coefficient (Wildman–Crippen LogP) is 5.37. The lowest BCUT2D eigenvalue weighted by Crippen LogP contribution is -2.66. The van der Waals surface area contributed by atoms with Crippen molar-refractivity contribution in [2.45, 2.75) is 64.2 Å². The van der Waals surface area contributed by atoms with Gasteiger partial charge in [0.2, 0.25) is 0 Å². The number of aliphatic imine (C=N–C) groups is 1. The van der Waals surface area contributed by atoms with Crippen molar-refractivity contribution in [1.82, 2.24) is 29.7 Å². The van der Waals surface area contributed by atoms with E-state index >= 15 is 0 Å². The van der Waals surface area contributed by atoms with Crippen molar-refractivity contribution in [3.8, 4) is 6.07 Å². The van der Waals surface area contributed by atoms with Crippen LogP contribution in [-0.2, 0) is 11.7 Å². The van der Waals surface area contributed by atoms with Gasteiger partial charge in [-0.05, 0) is 49.2 Å². The summed E-state index contributed by atoms with van der Waals surface area (Å²) in [6.07, 6.45) is 9.38. The molecule has 5 rings (SSSR count). The van der Waals surface area contributed by atoms with E-state index in [0.717, 1.165) is 54.7 Å². The molecule has 2 aromatic rings. The van der Waals surface area contributed by atoms with Crippen LogP contribution < -0.4 is 5.32 Å². The summed E-state index contributed by atoms with van der Waals surface area (Å²) < 4.78 is 40.4. The molecule has 5 heterocycles. The molecule has 2 fully saturated rings. The first kappa shape index (κ1) is 31.7. The molecule has 0 bridgehead atoms. The minimum Gasteiger partial charge on any atom is -0.347 e. The highest BCUT2D eigenvalue weighted by Crippen LogP contribution is 2.37. The van der Waals surface area contributed by atoms with E-state index in [1.807, 2.05) is 19.2 Å². The van der Waals surface area contributed by atoms with Crippen molar-refractivity contribution in [3.05, 3.63) is 78.4 Å². The third-order valence-corrected chi connectivity index (χ3v) is 7.85. The third kappa shape index (κ3) is 6.88. The highest BCUT2D eigenvalue weighted by Gasteiger charge is 2.47. The normalized spacial score (nSPS) is 19.5. The number of amidine groups is 1. The summed E-state index contributed by atoms with van der Waals surface area (Å²) >= 11 is 0. The number of carbonyl (C=O) groups is 1. The number of piperidine rings is 1. The number of nitriles is 1. The van der Waals surface area contributed by atoms with E-state index in [-0.39, 0.29) is 17.3 Å². The van der Waals surface area contributed by atoms with E-state index in [1.54, 1.807) is 17.3 Å². The van der Waals surface area contributed by atoms with Gasteiger partial charge in [-0.15, -0.1) is 0 Å². The molecule has 0 atom stereocenters. The molecule has 2 aromatic heterocycles. The maximum atomic E-state index is 12.8. The first-order valence-corrected chi connectivity index (χ1v) is 14.4. The van der Waals surface area contributed by atoms with Crippen LogP contribution in [0.5, 0.6) is 0 Å². The van der Waals surface area contributed by atoms with Gasteiger partial charge in [0, 0.05) is 56.4 Å². The van der Waals surface area contributed by atoms with E-state index in [0.29, 0.717) is 25.7 Å². The van der Waals surface area contributed by atoms with E-state index < -0.39 is 17.8 Å². The van der Waals surface area contributed by atoms with E-state index in [1.165, 1.54) is 6.42 Å². The summed E-state index contributed by atoms with van der Waals surface area (Å²) in [5.74, 6) is 0.331. The SMILES string of the molecule is C=CNC1=NC=C/C1=C(/C)c1ccn(C2(CC#N)CN(C3CCN(C(=O)c4cnc(C(F)(F)F)cn4)CC3)C2)c1.CCC. The summed E-state index contributed by atoms with van der Waals surface area (Å²) in [6, 6.07) is 4.66. The largest absolute Gasteiger partial charge is 0.434 e. The van der Waals surface area contributed by atoms with Crippen LogP contribution in [0.15, 0.2) is 66.5 Å². The molecule has 2 saturated heterocycles. The maximum Gasteiger partial charge on any atom is 0.434 e. The number of rotatable bonds is 6. The second-order valence-electron chi connectivity index (χ2n) is 11.0. The Bertz CT molecular complexity index is 1430. The number of aromatic nitrogens is 3. The standard InChI is InChI=1S/C28H29F3N8O.C3H8/c1-3-33-25-22(4-10-34-25)19(2)20-5-13-39(16-20)27(8-9-32)17-38(18-27)21-6-11-37(12-7-21)26(40)23-14-36-24(15-35-23)28(29,30)31;1-3-2/h3-5,10,13-16,21H,1,6-8,11-12,17-18H2,2H3,(H,33,34);3H2,1-2H3/b22-19+;. The zero-order valence-electron chi connectivity index (χ0n) is 24.7. The molecular weight excluding hydrogens is 557 g/mol. The number of hydrogen-bond donors (Lipinski definition) is 1. The molecule has 43 heavy (non-hydrogen) atoms. The number of nitrogens with zero attached hydrogens (tertiary/aromatic N) is 7. The molecule has 9 nitrogen and oxygen atoms in total. The van der Waals surface area contributed by atoms with E-state index in [2.05, 4.69) is 68.5 Å². The molecule has 0 aliphatic carbocycles. The Balaban J connectivity index is 0.00000135. The van der Waals surface area contributed by atoms with Crippen molar-refractivity contribution < 1.29 is 18.0 Å². The molecule has 3 aliphatic rings. The topological polar surface area (TPSA) is 102 Å². The Morgan fingerprint density at radius 3 is 2.51 bits per heavy atom. The minimum atomic E-state index is -4.60. The average Bonchev–Trinajstić information content (AvgIpc) is 3.65. The number of carbonyl (C=O) groups excluding carboxylic acids is 1. The Kier molecular flexibility index (Phi) is 9.86. The van der Waals surface area contributed by atoms with Crippen molar-refractivity contribution >= 4 is 17.3 Å². The lowest BCUT2D eigenvalue weighted by molar-refractivity contribution is -0.141. The first-order valence-electron chi connectivity index (χ1n) is 14.4. The van der Waals surface area contributed by atoms with E-state index in [4.69, 9.17) is 0 Å². The van der Waals surface area contributed by atoms with Crippen molar-refractivity contribution in [1.29, 1.82) is 5.26 Å². The molecule has 1 amide bonds. The average molecular weight is 595 g/mol.